The van der Waals surface area contributed by atoms with E-state index < -0.39 is 0 Å². The van der Waals surface area contributed by atoms with Crippen molar-refractivity contribution in [1.82, 2.24) is 19.9 Å². The van der Waals surface area contributed by atoms with Gasteiger partial charge in [-0.1, -0.05) is 30.3 Å². The number of hydrogen-bond donors (Lipinski definition) is 2. The fourth-order valence-corrected chi connectivity index (χ4v) is 2.81. The first-order valence-electron chi connectivity index (χ1n) is 7.64. The Morgan fingerprint density at radius 1 is 1.25 bits per heavy atom. The largest absolute Gasteiger partial charge is 0.383 e. The van der Waals surface area contributed by atoms with Crippen molar-refractivity contribution >= 4 is 17.5 Å². The number of aryl methyl sites for hydroxylation is 1. The molecule has 0 fully saturated rings. The van der Waals surface area contributed by atoms with E-state index in [1.807, 2.05) is 37.3 Å². The van der Waals surface area contributed by atoms with Crippen molar-refractivity contribution in [3.8, 4) is 11.6 Å². The number of nitrogen functional groups attached to an aromatic ring is 1. The number of amides is 1. The van der Waals surface area contributed by atoms with Crippen molar-refractivity contribution in [2.24, 2.45) is 0 Å². The zero-order chi connectivity index (χ0) is 16.7. The third kappa shape index (κ3) is 2.40. The number of nitrogens with zero attached hydrogens (tertiary/aromatic N) is 4. The van der Waals surface area contributed by atoms with Crippen LogP contribution in [0.4, 0.5) is 11.6 Å². The Hall–Kier alpha value is -3.22. The molecule has 7 heteroatoms. The van der Waals surface area contributed by atoms with Crippen LogP contribution in [-0.4, -0.2) is 25.8 Å². The number of nitrogens with two attached hydrogens (primary N) is 1. The Bertz CT molecular complexity index is 918. The average Bonchev–Trinajstić information content (AvgIpc) is 3.14. The zero-order valence-corrected chi connectivity index (χ0v) is 13.2. The molecular weight excluding hydrogens is 304 g/mol. The lowest BCUT2D eigenvalue weighted by atomic mass is 10.2. The van der Waals surface area contributed by atoms with Crippen LogP contribution >= 0.6 is 0 Å². The molecule has 0 atom stereocenters. The van der Waals surface area contributed by atoms with Gasteiger partial charge in [0, 0.05) is 17.5 Å². The van der Waals surface area contributed by atoms with Crippen LogP contribution in [0.15, 0.2) is 36.5 Å². The van der Waals surface area contributed by atoms with Gasteiger partial charge in [0.2, 0.25) is 5.91 Å². The molecule has 1 aliphatic heterocycles. The number of carbonyl (C=O) groups is 1. The van der Waals surface area contributed by atoms with Crippen LogP contribution in [0.25, 0.3) is 11.6 Å². The summed E-state index contributed by atoms with van der Waals surface area (Å²) >= 11 is 0. The summed E-state index contributed by atoms with van der Waals surface area (Å²) in [5.41, 5.74) is 8.69. The Morgan fingerprint density at radius 2 is 2.04 bits per heavy atom. The van der Waals surface area contributed by atoms with E-state index in [2.05, 4.69) is 19.9 Å². The molecule has 1 amide bonds. The van der Waals surface area contributed by atoms with E-state index in [-0.39, 0.29) is 12.3 Å². The van der Waals surface area contributed by atoms with Gasteiger partial charge >= 0.3 is 0 Å². The highest BCUT2D eigenvalue weighted by atomic mass is 16.2. The monoisotopic (exact) mass is 320 g/mol. The Labute approximate surface area is 138 Å². The Balaban J connectivity index is 1.76. The molecule has 3 N–H and O–H groups in total. The number of aromatic amines is 1. The van der Waals surface area contributed by atoms with Crippen molar-refractivity contribution in [3.63, 3.8) is 0 Å². The molecule has 0 unspecified atom stereocenters. The summed E-state index contributed by atoms with van der Waals surface area (Å²) in [6, 6.07) is 9.80. The molecule has 0 bridgehead atoms. The third-order valence-corrected chi connectivity index (χ3v) is 4.00. The summed E-state index contributed by atoms with van der Waals surface area (Å²) in [6.45, 7) is 2.36. The second-order valence-corrected chi connectivity index (χ2v) is 5.79. The molecule has 0 aliphatic carbocycles. The van der Waals surface area contributed by atoms with Gasteiger partial charge in [0.15, 0.2) is 11.6 Å². The van der Waals surface area contributed by atoms with E-state index in [1.54, 1.807) is 11.1 Å². The number of anilines is 2. The van der Waals surface area contributed by atoms with Gasteiger partial charge in [-0.25, -0.2) is 15.0 Å². The quantitative estimate of drug-likeness (QED) is 0.767. The van der Waals surface area contributed by atoms with Gasteiger partial charge in [0.05, 0.1) is 13.0 Å². The molecule has 120 valence electrons. The lowest BCUT2D eigenvalue weighted by Crippen LogP contribution is -2.26. The molecular formula is C17H16N6O. The number of aromatic nitrogens is 4. The molecule has 24 heavy (non-hydrogen) atoms. The van der Waals surface area contributed by atoms with Gasteiger partial charge in [-0.15, -0.1) is 0 Å². The number of H-pyrrole nitrogens is 1. The van der Waals surface area contributed by atoms with Gasteiger partial charge in [-0.05, 0) is 12.5 Å². The smallest absolute Gasteiger partial charge is 0.233 e. The first-order chi connectivity index (χ1) is 11.6. The fourth-order valence-electron chi connectivity index (χ4n) is 2.81. The van der Waals surface area contributed by atoms with Gasteiger partial charge in [-0.3, -0.25) is 9.69 Å². The maximum absolute atomic E-state index is 12.4. The second kappa shape index (κ2) is 5.45. The van der Waals surface area contributed by atoms with Gasteiger partial charge in [-0.2, -0.15) is 0 Å². The molecule has 1 aliphatic rings. The summed E-state index contributed by atoms with van der Waals surface area (Å²) in [5.74, 6) is 1.81. The van der Waals surface area contributed by atoms with Crippen LogP contribution in [0.5, 0.6) is 0 Å². The van der Waals surface area contributed by atoms with Gasteiger partial charge < -0.3 is 10.7 Å². The topological polar surface area (TPSA) is 101 Å². The van der Waals surface area contributed by atoms with Crippen molar-refractivity contribution in [1.29, 1.82) is 0 Å². The molecule has 7 nitrogen and oxygen atoms in total. The van der Waals surface area contributed by atoms with Crippen LogP contribution in [-0.2, 0) is 17.8 Å². The van der Waals surface area contributed by atoms with Crippen molar-refractivity contribution in [3.05, 3.63) is 53.3 Å². The summed E-state index contributed by atoms with van der Waals surface area (Å²) in [6.07, 6.45) is 1.93. The minimum Gasteiger partial charge on any atom is -0.383 e. The number of imidazole rings is 1. The molecule has 0 radical (unpaired) electrons. The SMILES string of the molecule is Cc1cnc(-c2nc(N)c3c(n2)N(Cc2ccccc2)C(=O)C3)[nH]1. The van der Waals surface area contributed by atoms with E-state index in [0.29, 0.717) is 35.4 Å². The maximum atomic E-state index is 12.4. The minimum atomic E-state index is -0.0253. The van der Waals surface area contributed by atoms with Crippen molar-refractivity contribution in [2.45, 2.75) is 19.9 Å². The highest BCUT2D eigenvalue weighted by Crippen LogP contribution is 2.33. The van der Waals surface area contributed by atoms with Crippen molar-refractivity contribution in [2.75, 3.05) is 10.6 Å². The van der Waals surface area contributed by atoms with Crippen LogP contribution in [0, 0.1) is 6.92 Å². The van der Waals surface area contributed by atoms with E-state index in [1.165, 1.54) is 0 Å². The van der Waals surface area contributed by atoms with Gasteiger partial charge in [0.25, 0.3) is 0 Å². The summed E-state index contributed by atoms with van der Waals surface area (Å²) in [7, 11) is 0. The van der Waals surface area contributed by atoms with E-state index >= 15 is 0 Å². The second-order valence-electron chi connectivity index (χ2n) is 5.79. The molecule has 2 aromatic heterocycles. The Kier molecular flexibility index (Phi) is 3.26. The third-order valence-electron chi connectivity index (χ3n) is 4.00. The predicted molar refractivity (Wildman–Crippen MR) is 90.1 cm³/mol. The number of rotatable bonds is 3. The number of benzene rings is 1. The van der Waals surface area contributed by atoms with Gasteiger partial charge in [0.1, 0.15) is 11.6 Å². The molecule has 0 saturated heterocycles. The molecule has 4 rings (SSSR count). The number of fused-ring (bicyclic) bond motifs is 1. The number of carbonyl (C=O) groups excluding carboxylic acids is 1. The average molecular weight is 320 g/mol. The van der Waals surface area contributed by atoms with E-state index in [0.717, 1.165) is 11.3 Å². The summed E-state index contributed by atoms with van der Waals surface area (Å²) in [4.78, 5) is 30.3. The van der Waals surface area contributed by atoms with E-state index in [4.69, 9.17) is 5.73 Å². The highest BCUT2D eigenvalue weighted by molar-refractivity contribution is 6.01. The Morgan fingerprint density at radius 3 is 2.75 bits per heavy atom. The lowest BCUT2D eigenvalue weighted by molar-refractivity contribution is -0.117. The number of hydrogen-bond acceptors (Lipinski definition) is 5. The minimum absolute atomic E-state index is 0.0253. The zero-order valence-electron chi connectivity index (χ0n) is 13.2. The predicted octanol–water partition coefficient (Wildman–Crippen LogP) is 1.85. The number of nitrogens with one attached hydrogen (secondary N) is 1. The maximum Gasteiger partial charge on any atom is 0.233 e. The molecule has 0 saturated carbocycles. The van der Waals surface area contributed by atoms with Crippen molar-refractivity contribution < 1.29 is 4.79 Å². The normalized spacial score (nSPS) is 13.4. The van der Waals surface area contributed by atoms with E-state index in [9.17, 15) is 4.79 Å². The molecule has 3 aromatic rings. The standard InChI is InChI=1S/C17H16N6O/c1-10-8-19-15(20-10)16-21-14(18)12-7-13(24)23(17(12)22-16)9-11-5-3-2-4-6-11/h2-6,8H,7,9H2,1H3,(H,19,20)(H2,18,21,22). The first kappa shape index (κ1) is 14.4. The molecule has 1 aromatic carbocycles. The highest BCUT2D eigenvalue weighted by Gasteiger charge is 2.32. The van der Waals surface area contributed by atoms with Crippen LogP contribution in [0.2, 0.25) is 0 Å². The molecule has 0 spiro atoms. The van der Waals surface area contributed by atoms with Crippen LogP contribution in [0.1, 0.15) is 16.8 Å². The fraction of sp³-hybridized carbons (Fsp3) is 0.176. The first-order valence-corrected chi connectivity index (χ1v) is 7.64. The summed E-state index contributed by atoms with van der Waals surface area (Å²) < 4.78 is 0. The summed E-state index contributed by atoms with van der Waals surface area (Å²) in [5, 5.41) is 0. The van der Waals surface area contributed by atoms with Crippen LogP contribution in [0.3, 0.4) is 0 Å². The molecule has 3 heterocycles. The lowest BCUT2D eigenvalue weighted by Gasteiger charge is -2.17. The van der Waals surface area contributed by atoms with Crippen LogP contribution < -0.4 is 10.6 Å².